The Labute approximate surface area is 99.9 Å². The smallest absolute Gasteiger partial charge is 0.326 e. The van der Waals surface area contributed by atoms with Crippen LogP contribution in [0, 0.1) is 0 Å². The third-order valence-electron chi connectivity index (χ3n) is 2.68. The molecular weight excluding hydrogens is 224 g/mol. The van der Waals surface area contributed by atoms with Crippen molar-refractivity contribution in [1.29, 1.82) is 0 Å². The summed E-state index contributed by atoms with van der Waals surface area (Å²) in [6.45, 7) is 4.25. The number of aliphatic hydroxyl groups excluding tert-OH is 1. The topological polar surface area (TPSA) is 89.9 Å². The summed E-state index contributed by atoms with van der Waals surface area (Å²) in [5.41, 5.74) is 0. The second-order valence-electron chi connectivity index (χ2n) is 4.11. The van der Waals surface area contributed by atoms with Gasteiger partial charge in [-0.25, -0.2) is 9.59 Å². The van der Waals surface area contributed by atoms with E-state index in [2.05, 4.69) is 11.9 Å². The van der Waals surface area contributed by atoms with Crippen molar-refractivity contribution in [3.05, 3.63) is 12.7 Å². The van der Waals surface area contributed by atoms with Crippen LogP contribution >= 0.6 is 0 Å². The number of aliphatic hydroxyl groups is 1. The van der Waals surface area contributed by atoms with Crippen LogP contribution in [-0.2, 0) is 4.79 Å². The van der Waals surface area contributed by atoms with Crippen molar-refractivity contribution in [1.82, 2.24) is 10.2 Å². The highest BCUT2D eigenvalue weighted by Gasteiger charge is 2.25. The van der Waals surface area contributed by atoms with Gasteiger partial charge in [0.25, 0.3) is 0 Å². The van der Waals surface area contributed by atoms with E-state index in [1.807, 2.05) is 0 Å². The number of urea groups is 1. The fourth-order valence-corrected chi connectivity index (χ4v) is 1.77. The van der Waals surface area contributed by atoms with Crippen LogP contribution in [0.3, 0.4) is 0 Å². The van der Waals surface area contributed by atoms with Gasteiger partial charge >= 0.3 is 12.0 Å². The number of aliphatic carboxylic acids is 1. The van der Waals surface area contributed by atoms with Crippen LogP contribution in [0.4, 0.5) is 4.79 Å². The van der Waals surface area contributed by atoms with Gasteiger partial charge in [-0.3, -0.25) is 0 Å². The van der Waals surface area contributed by atoms with E-state index in [0.717, 1.165) is 6.42 Å². The van der Waals surface area contributed by atoms with Crippen molar-refractivity contribution in [2.75, 3.05) is 13.1 Å². The van der Waals surface area contributed by atoms with E-state index in [1.54, 1.807) is 0 Å². The molecule has 17 heavy (non-hydrogen) atoms. The largest absolute Gasteiger partial charge is 0.480 e. The van der Waals surface area contributed by atoms with Crippen molar-refractivity contribution in [2.45, 2.75) is 31.4 Å². The van der Waals surface area contributed by atoms with Gasteiger partial charge in [-0.2, -0.15) is 0 Å². The lowest BCUT2D eigenvalue weighted by Crippen LogP contribution is -2.51. The van der Waals surface area contributed by atoms with Crippen molar-refractivity contribution >= 4 is 12.0 Å². The monoisotopic (exact) mass is 242 g/mol. The molecule has 3 N–H and O–H groups in total. The molecule has 2 unspecified atom stereocenters. The lowest BCUT2D eigenvalue weighted by molar-refractivity contribution is -0.139. The quantitative estimate of drug-likeness (QED) is 0.613. The number of nitrogens with zero attached hydrogens (tertiary/aromatic N) is 1. The van der Waals surface area contributed by atoms with E-state index in [1.165, 1.54) is 11.0 Å². The molecule has 0 aliphatic carbocycles. The van der Waals surface area contributed by atoms with Crippen molar-refractivity contribution in [3.63, 3.8) is 0 Å². The molecule has 0 spiro atoms. The average Bonchev–Trinajstić information content (AvgIpc) is 2.28. The molecule has 0 aromatic rings. The van der Waals surface area contributed by atoms with Gasteiger partial charge in [0.05, 0.1) is 6.10 Å². The molecule has 1 fully saturated rings. The van der Waals surface area contributed by atoms with Gasteiger partial charge in [0, 0.05) is 13.1 Å². The summed E-state index contributed by atoms with van der Waals surface area (Å²) < 4.78 is 0. The number of nitrogens with one attached hydrogen (secondary N) is 1. The molecule has 1 rings (SSSR count). The molecule has 1 saturated heterocycles. The average molecular weight is 242 g/mol. The molecular formula is C11H18N2O4. The maximum Gasteiger partial charge on any atom is 0.326 e. The minimum atomic E-state index is -1.09. The fraction of sp³-hybridized carbons (Fsp3) is 0.636. The molecule has 1 aliphatic heterocycles. The zero-order chi connectivity index (χ0) is 12.8. The number of carboxylic acids is 1. The highest BCUT2D eigenvalue weighted by Crippen LogP contribution is 2.10. The van der Waals surface area contributed by atoms with Crippen molar-refractivity contribution in [3.8, 4) is 0 Å². The number of β-amino-alcohol motifs (C(OH)–C–C–N with tert-alkyl or cyclic N) is 1. The first kappa shape index (κ1) is 13.5. The molecule has 0 bridgehead atoms. The van der Waals surface area contributed by atoms with E-state index < -0.39 is 24.1 Å². The van der Waals surface area contributed by atoms with Crippen molar-refractivity contribution < 1.29 is 19.8 Å². The summed E-state index contributed by atoms with van der Waals surface area (Å²) in [5.74, 6) is -1.09. The number of hydrogen-bond donors (Lipinski definition) is 3. The summed E-state index contributed by atoms with van der Waals surface area (Å²) >= 11 is 0. The predicted molar refractivity (Wildman–Crippen MR) is 61.6 cm³/mol. The maximum atomic E-state index is 11.7. The Morgan fingerprint density at radius 2 is 2.29 bits per heavy atom. The van der Waals surface area contributed by atoms with Gasteiger partial charge in [-0.05, 0) is 19.3 Å². The SMILES string of the molecule is C=CCC(NC(=O)N1CCCC(O)C1)C(=O)O. The Hall–Kier alpha value is -1.56. The zero-order valence-corrected chi connectivity index (χ0v) is 9.63. The molecule has 96 valence electrons. The normalized spacial score (nSPS) is 21.7. The van der Waals surface area contributed by atoms with Gasteiger partial charge in [-0.1, -0.05) is 6.08 Å². The number of amides is 2. The first-order valence-corrected chi connectivity index (χ1v) is 5.61. The van der Waals surface area contributed by atoms with Crippen LogP contribution in [0.1, 0.15) is 19.3 Å². The molecule has 6 heteroatoms. The maximum absolute atomic E-state index is 11.7. The molecule has 0 saturated carbocycles. The van der Waals surface area contributed by atoms with E-state index in [9.17, 15) is 14.7 Å². The van der Waals surface area contributed by atoms with E-state index >= 15 is 0 Å². The fourth-order valence-electron chi connectivity index (χ4n) is 1.77. The summed E-state index contributed by atoms with van der Waals surface area (Å²) in [6, 6.07) is -1.41. The number of likely N-dealkylation sites (tertiary alicyclic amines) is 1. The van der Waals surface area contributed by atoms with E-state index in [0.29, 0.717) is 13.0 Å². The molecule has 1 aliphatic rings. The summed E-state index contributed by atoms with van der Waals surface area (Å²) in [5, 5.41) is 20.7. The zero-order valence-electron chi connectivity index (χ0n) is 9.63. The third kappa shape index (κ3) is 4.07. The summed E-state index contributed by atoms with van der Waals surface area (Å²) in [7, 11) is 0. The van der Waals surface area contributed by atoms with E-state index in [-0.39, 0.29) is 13.0 Å². The summed E-state index contributed by atoms with van der Waals surface area (Å²) in [4.78, 5) is 24.0. The third-order valence-corrected chi connectivity index (χ3v) is 2.68. The van der Waals surface area contributed by atoms with Crippen LogP contribution in [-0.4, -0.2) is 52.3 Å². The van der Waals surface area contributed by atoms with Gasteiger partial charge in [-0.15, -0.1) is 6.58 Å². The molecule has 6 nitrogen and oxygen atoms in total. The molecule has 0 radical (unpaired) electrons. The Balaban J connectivity index is 2.51. The summed E-state index contributed by atoms with van der Waals surface area (Å²) in [6.07, 6.45) is 2.52. The van der Waals surface area contributed by atoms with Gasteiger partial charge in [0.1, 0.15) is 6.04 Å². The predicted octanol–water partition coefficient (Wildman–Crippen LogP) is 0.182. The highest BCUT2D eigenvalue weighted by molar-refractivity contribution is 5.82. The Bertz CT molecular complexity index is 306. The second-order valence-corrected chi connectivity index (χ2v) is 4.11. The Kier molecular flexibility index (Phi) is 4.96. The molecule has 0 aromatic carbocycles. The van der Waals surface area contributed by atoms with Crippen LogP contribution in [0.15, 0.2) is 12.7 Å². The standard InChI is InChI=1S/C11H18N2O4/c1-2-4-9(10(15)16)12-11(17)13-6-3-5-8(14)7-13/h2,8-9,14H,1,3-7H2,(H,12,17)(H,15,16). The minimum absolute atomic E-state index is 0.178. The first-order chi connectivity index (χ1) is 8.04. The van der Waals surface area contributed by atoms with Crippen LogP contribution in [0.5, 0.6) is 0 Å². The number of rotatable bonds is 4. The number of carbonyl (C=O) groups excluding carboxylic acids is 1. The highest BCUT2D eigenvalue weighted by atomic mass is 16.4. The number of piperidine rings is 1. The number of carbonyl (C=O) groups is 2. The molecule has 2 amide bonds. The minimum Gasteiger partial charge on any atom is -0.480 e. The second kappa shape index (κ2) is 6.24. The Morgan fingerprint density at radius 3 is 2.82 bits per heavy atom. The number of hydrogen-bond acceptors (Lipinski definition) is 3. The van der Waals surface area contributed by atoms with Crippen LogP contribution < -0.4 is 5.32 Å². The Morgan fingerprint density at radius 1 is 1.59 bits per heavy atom. The van der Waals surface area contributed by atoms with Gasteiger partial charge in [0.15, 0.2) is 0 Å². The van der Waals surface area contributed by atoms with Gasteiger partial charge in [0.2, 0.25) is 0 Å². The van der Waals surface area contributed by atoms with E-state index in [4.69, 9.17) is 5.11 Å². The lowest BCUT2D eigenvalue weighted by atomic mass is 10.1. The number of carboxylic acid groups (broad SMARTS) is 1. The molecule has 0 aromatic heterocycles. The molecule has 2 atom stereocenters. The van der Waals surface area contributed by atoms with Gasteiger partial charge < -0.3 is 20.4 Å². The molecule has 1 heterocycles. The first-order valence-electron chi connectivity index (χ1n) is 5.61. The van der Waals surface area contributed by atoms with Crippen LogP contribution in [0.25, 0.3) is 0 Å². The lowest BCUT2D eigenvalue weighted by Gasteiger charge is -2.31. The van der Waals surface area contributed by atoms with Crippen LogP contribution in [0.2, 0.25) is 0 Å². The van der Waals surface area contributed by atoms with Crippen molar-refractivity contribution in [2.24, 2.45) is 0 Å².